The van der Waals surface area contributed by atoms with E-state index in [1.807, 2.05) is 30.0 Å². The van der Waals surface area contributed by atoms with Gasteiger partial charge in [-0.3, -0.25) is 9.78 Å². The van der Waals surface area contributed by atoms with Crippen molar-refractivity contribution < 1.29 is 4.79 Å². The number of likely N-dealkylation sites (tertiary alicyclic amines) is 1. The zero-order valence-electron chi connectivity index (χ0n) is 15.7. The summed E-state index contributed by atoms with van der Waals surface area (Å²) >= 11 is 1.70. The van der Waals surface area contributed by atoms with Gasteiger partial charge in [0.25, 0.3) is 5.91 Å². The Morgan fingerprint density at radius 1 is 1.07 bits per heavy atom. The molecule has 1 amide bonds. The van der Waals surface area contributed by atoms with Crippen LogP contribution in [0, 0.1) is 13.8 Å². The van der Waals surface area contributed by atoms with Gasteiger partial charge in [0.15, 0.2) is 0 Å². The molecule has 2 aromatic heterocycles. The summed E-state index contributed by atoms with van der Waals surface area (Å²) < 4.78 is 0. The Bertz CT molecular complexity index is 943. The van der Waals surface area contributed by atoms with Crippen molar-refractivity contribution in [3.63, 3.8) is 0 Å². The molecular weight excluding hydrogens is 354 g/mol. The lowest BCUT2D eigenvalue weighted by Crippen LogP contribution is -2.46. The smallest absolute Gasteiger partial charge is 0.255 e. The first-order valence-electron chi connectivity index (χ1n) is 9.29. The lowest BCUT2D eigenvalue weighted by molar-refractivity contribution is 0.0683. The van der Waals surface area contributed by atoms with E-state index in [1.54, 1.807) is 17.5 Å². The first-order chi connectivity index (χ1) is 13.1. The summed E-state index contributed by atoms with van der Waals surface area (Å²) in [5.41, 5.74) is 3.81. The molecule has 3 heterocycles. The van der Waals surface area contributed by atoms with Crippen molar-refractivity contribution >= 4 is 17.2 Å². The number of carbonyl (C=O) groups excluding carboxylic acids is 1. The maximum atomic E-state index is 13.0. The molecule has 4 rings (SSSR count). The Morgan fingerprint density at radius 2 is 1.81 bits per heavy atom. The Balaban J connectivity index is 1.62. The average molecular weight is 378 g/mol. The molecule has 0 atom stereocenters. The van der Waals surface area contributed by atoms with E-state index in [9.17, 15) is 4.79 Å². The van der Waals surface area contributed by atoms with Gasteiger partial charge in [0.2, 0.25) is 0 Å². The first-order valence-corrected chi connectivity index (χ1v) is 10.2. The largest absolute Gasteiger partial charge is 0.339 e. The summed E-state index contributed by atoms with van der Waals surface area (Å²) in [6.07, 6.45) is 3.49. The first kappa shape index (κ1) is 17.9. The fraction of sp³-hybridized carbons (Fsp3) is 0.318. The van der Waals surface area contributed by atoms with Gasteiger partial charge in [0.1, 0.15) is 0 Å². The Morgan fingerprint density at radius 3 is 2.44 bits per heavy atom. The van der Waals surface area contributed by atoms with Crippen LogP contribution in [0.1, 0.15) is 45.2 Å². The monoisotopic (exact) mass is 377 g/mol. The van der Waals surface area contributed by atoms with E-state index in [0.717, 1.165) is 42.3 Å². The van der Waals surface area contributed by atoms with E-state index >= 15 is 0 Å². The number of rotatable bonds is 3. The zero-order chi connectivity index (χ0) is 18.9. The normalized spacial score (nSPS) is 16.3. The fourth-order valence-corrected chi connectivity index (χ4v) is 4.72. The molecule has 0 unspecified atom stereocenters. The molecule has 5 heteroatoms. The number of aryl methyl sites for hydroxylation is 2. The van der Waals surface area contributed by atoms with Crippen LogP contribution in [0.3, 0.4) is 0 Å². The molecule has 0 N–H and O–H groups in total. The molecule has 1 aliphatic heterocycles. The van der Waals surface area contributed by atoms with Gasteiger partial charge in [-0.05, 0) is 44.4 Å². The van der Waals surface area contributed by atoms with E-state index in [0.29, 0.717) is 5.56 Å². The number of thiazole rings is 1. The van der Waals surface area contributed by atoms with Crippen LogP contribution in [0.25, 0.3) is 0 Å². The SMILES string of the molecule is Cc1nc(C2(c3ccccc3)CCN(C(=O)c3cccnc3C)CC2)cs1. The van der Waals surface area contributed by atoms with Crippen LogP contribution in [0.4, 0.5) is 0 Å². The third kappa shape index (κ3) is 3.28. The molecule has 1 fully saturated rings. The second-order valence-electron chi connectivity index (χ2n) is 7.13. The summed E-state index contributed by atoms with van der Waals surface area (Å²) in [5, 5.41) is 3.27. The zero-order valence-corrected chi connectivity index (χ0v) is 16.5. The number of amides is 1. The Labute approximate surface area is 163 Å². The summed E-state index contributed by atoms with van der Waals surface area (Å²) in [6, 6.07) is 14.3. The number of nitrogens with zero attached hydrogens (tertiary/aromatic N) is 3. The highest BCUT2D eigenvalue weighted by atomic mass is 32.1. The minimum atomic E-state index is -0.118. The molecule has 3 aromatic rings. The molecule has 0 saturated carbocycles. The van der Waals surface area contributed by atoms with Gasteiger partial charge < -0.3 is 4.90 Å². The summed E-state index contributed by atoms with van der Waals surface area (Å²) in [7, 11) is 0. The highest BCUT2D eigenvalue weighted by Crippen LogP contribution is 2.42. The summed E-state index contributed by atoms with van der Waals surface area (Å²) in [6.45, 7) is 5.39. The van der Waals surface area contributed by atoms with Gasteiger partial charge in [-0.15, -0.1) is 11.3 Å². The van der Waals surface area contributed by atoms with Gasteiger partial charge in [0.05, 0.1) is 16.3 Å². The van der Waals surface area contributed by atoms with Crippen molar-refractivity contribution in [2.75, 3.05) is 13.1 Å². The van der Waals surface area contributed by atoms with Gasteiger partial charge >= 0.3 is 0 Å². The van der Waals surface area contributed by atoms with Crippen LogP contribution in [-0.4, -0.2) is 33.9 Å². The third-order valence-corrected chi connectivity index (χ3v) is 6.35. The van der Waals surface area contributed by atoms with Crippen molar-refractivity contribution in [1.29, 1.82) is 0 Å². The lowest BCUT2D eigenvalue weighted by Gasteiger charge is -2.41. The second-order valence-corrected chi connectivity index (χ2v) is 8.19. The van der Waals surface area contributed by atoms with Crippen molar-refractivity contribution in [2.24, 2.45) is 0 Å². The third-order valence-electron chi connectivity index (χ3n) is 5.58. The predicted molar refractivity (Wildman–Crippen MR) is 108 cm³/mol. The number of carbonyl (C=O) groups is 1. The minimum absolute atomic E-state index is 0.0803. The van der Waals surface area contributed by atoms with Crippen LogP contribution in [0.5, 0.6) is 0 Å². The van der Waals surface area contributed by atoms with Crippen molar-refractivity contribution in [1.82, 2.24) is 14.9 Å². The fourth-order valence-electron chi connectivity index (χ4n) is 4.01. The molecule has 27 heavy (non-hydrogen) atoms. The lowest BCUT2D eigenvalue weighted by atomic mass is 9.70. The van der Waals surface area contributed by atoms with Crippen molar-refractivity contribution in [3.05, 3.63) is 81.6 Å². The summed E-state index contributed by atoms with van der Waals surface area (Å²) in [4.78, 5) is 24.0. The van der Waals surface area contributed by atoms with Crippen molar-refractivity contribution in [2.45, 2.75) is 32.1 Å². The number of hydrogen-bond donors (Lipinski definition) is 0. The minimum Gasteiger partial charge on any atom is -0.339 e. The van der Waals surface area contributed by atoms with Crippen LogP contribution in [0.15, 0.2) is 54.0 Å². The predicted octanol–water partition coefficient (Wildman–Crippen LogP) is 4.38. The van der Waals surface area contributed by atoms with Gasteiger partial charge in [-0.1, -0.05) is 30.3 Å². The van der Waals surface area contributed by atoms with Gasteiger partial charge in [-0.25, -0.2) is 4.98 Å². The highest BCUT2D eigenvalue weighted by Gasteiger charge is 2.40. The molecule has 0 radical (unpaired) electrons. The van der Waals surface area contributed by atoms with E-state index in [2.05, 4.69) is 41.6 Å². The van der Waals surface area contributed by atoms with Crippen molar-refractivity contribution in [3.8, 4) is 0 Å². The molecule has 0 aliphatic carbocycles. The molecule has 1 aliphatic rings. The molecule has 138 valence electrons. The van der Waals surface area contributed by atoms with E-state index in [-0.39, 0.29) is 11.3 Å². The van der Waals surface area contributed by atoms with Crippen LogP contribution in [-0.2, 0) is 5.41 Å². The highest BCUT2D eigenvalue weighted by molar-refractivity contribution is 7.09. The molecule has 4 nitrogen and oxygen atoms in total. The van der Waals surface area contributed by atoms with E-state index < -0.39 is 0 Å². The van der Waals surface area contributed by atoms with Gasteiger partial charge in [-0.2, -0.15) is 0 Å². The standard InChI is InChI=1S/C22H23N3OS/c1-16-19(9-6-12-23-16)21(26)25-13-10-22(11-14-25,18-7-4-3-5-8-18)20-15-27-17(2)24-20/h3-9,12,15H,10-11,13-14H2,1-2H3. The number of benzene rings is 1. The average Bonchev–Trinajstić information content (AvgIpc) is 3.15. The number of aromatic nitrogens is 2. The summed E-state index contributed by atoms with van der Waals surface area (Å²) in [5.74, 6) is 0.0803. The molecule has 1 saturated heterocycles. The Kier molecular flexibility index (Phi) is 4.79. The molecule has 1 aromatic carbocycles. The van der Waals surface area contributed by atoms with E-state index in [1.165, 1.54) is 5.56 Å². The second kappa shape index (κ2) is 7.24. The Hall–Kier alpha value is -2.53. The van der Waals surface area contributed by atoms with Gasteiger partial charge in [0, 0.05) is 35.8 Å². The molecule has 0 spiro atoms. The topological polar surface area (TPSA) is 46.1 Å². The van der Waals surface area contributed by atoms with E-state index in [4.69, 9.17) is 4.98 Å². The maximum Gasteiger partial charge on any atom is 0.255 e. The number of piperidine rings is 1. The molecular formula is C22H23N3OS. The van der Waals surface area contributed by atoms with Crippen LogP contribution in [0.2, 0.25) is 0 Å². The van der Waals surface area contributed by atoms with Crippen LogP contribution < -0.4 is 0 Å². The van der Waals surface area contributed by atoms with Crippen LogP contribution >= 0.6 is 11.3 Å². The maximum absolute atomic E-state index is 13.0. The molecule has 0 bridgehead atoms. The quantitative estimate of drug-likeness (QED) is 0.681. The number of pyridine rings is 1. The number of hydrogen-bond acceptors (Lipinski definition) is 4.